The largest absolute Gasteiger partial charge is 0.379 e. The Bertz CT molecular complexity index is 345. The highest BCUT2D eigenvalue weighted by atomic mass is 32.2. The lowest BCUT2D eigenvalue weighted by Crippen LogP contribution is -2.53. The van der Waals surface area contributed by atoms with E-state index in [0.29, 0.717) is 32.1 Å². The molecule has 2 rings (SSSR count). The number of thioether (sulfide) groups is 1. The number of carbonyl (C=O) groups is 2. The van der Waals surface area contributed by atoms with Crippen molar-refractivity contribution in [3.8, 4) is 0 Å². The molecule has 0 aromatic carbocycles. The molecule has 108 valence electrons. The fraction of sp³-hybridized carbons (Fsp3) is 0.846. The minimum absolute atomic E-state index is 0.0439. The van der Waals surface area contributed by atoms with Gasteiger partial charge in [0.2, 0.25) is 0 Å². The molecule has 0 aromatic rings. The summed E-state index contributed by atoms with van der Waals surface area (Å²) in [7, 11) is 1.67. The molecular weight excluding hydrogens is 264 g/mol. The number of nitrogens with zero attached hydrogens (tertiary/aromatic N) is 2. The van der Waals surface area contributed by atoms with Crippen LogP contribution in [0.5, 0.6) is 0 Å². The third-order valence-electron chi connectivity index (χ3n) is 3.96. The molecule has 2 fully saturated rings. The van der Waals surface area contributed by atoms with E-state index in [9.17, 15) is 9.59 Å². The molecule has 2 amide bonds. The van der Waals surface area contributed by atoms with Crippen LogP contribution in [-0.2, 0) is 14.3 Å². The summed E-state index contributed by atoms with van der Waals surface area (Å²) in [6.45, 7) is 4.69. The van der Waals surface area contributed by atoms with Gasteiger partial charge in [-0.25, -0.2) is 0 Å². The van der Waals surface area contributed by atoms with Crippen molar-refractivity contribution in [3.63, 3.8) is 0 Å². The van der Waals surface area contributed by atoms with Crippen LogP contribution in [0.2, 0.25) is 0 Å². The number of likely N-dealkylation sites (tertiary alicyclic amines) is 1. The van der Waals surface area contributed by atoms with Gasteiger partial charge in [-0.1, -0.05) is 6.92 Å². The number of rotatable bonds is 1. The smallest absolute Gasteiger partial charge is 0.312 e. The molecule has 0 radical (unpaired) electrons. The Morgan fingerprint density at radius 2 is 1.74 bits per heavy atom. The molecule has 5 nitrogen and oxygen atoms in total. The van der Waals surface area contributed by atoms with Crippen molar-refractivity contribution in [3.05, 3.63) is 0 Å². The summed E-state index contributed by atoms with van der Waals surface area (Å²) in [6.07, 6.45) is 0.940. The fourth-order valence-electron chi connectivity index (χ4n) is 2.56. The van der Waals surface area contributed by atoms with Crippen LogP contribution in [0.15, 0.2) is 0 Å². The van der Waals surface area contributed by atoms with Gasteiger partial charge >= 0.3 is 11.8 Å². The molecule has 0 N–H and O–H groups in total. The minimum Gasteiger partial charge on any atom is -0.379 e. The third-order valence-corrected chi connectivity index (χ3v) is 4.90. The average Bonchev–Trinajstić information content (AvgIpc) is 2.47. The van der Waals surface area contributed by atoms with Gasteiger partial charge in [-0.05, 0) is 12.3 Å². The van der Waals surface area contributed by atoms with Gasteiger partial charge in [0, 0.05) is 44.8 Å². The Kier molecular flexibility index (Phi) is 5.10. The lowest BCUT2D eigenvalue weighted by molar-refractivity contribution is -0.154. The molecule has 0 aromatic heterocycles. The van der Waals surface area contributed by atoms with E-state index in [1.807, 2.05) is 11.8 Å². The minimum atomic E-state index is -0.360. The number of hydrogen-bond acceptors (Lipinski definition) is 4. The molecule has 2 aliphatic heterocycles. The first-order chi connectivity index (χ1) is 9.13. The second-order valence-corrected chi connectivity index (χ2v) is 6.42. The van der Waals surface area contributed by atoms with E-state index in [0.717, 1.165) is 17.9 Å². The Morgan fingerprint density at radius 3 is 2.37 bits per heavy atom. The van der Waals surface area contributed by atoms with Crippen LogP contribution < -0.4 is 0 Å². The molecule has 2 unspecified atom stereocenters. The average molecular weight is 286 g/mol. The van der Waals surface area contributed by atoms with Gasteiger partial charge in [-0.2, -0.15) is 11.8 Å². The normalized spacial score (nSPS) is 28.3. The topological polar surface area (TPSA) is 49.9 Å². The van der Waals surface area contributed by atoms with Crippen LogP contribution in [-0.4, -0.2) is 72.5 Å². The number of hydrogen-bond donors (Lipinski definition) is 0. The molecule has 0 aliphatic carbocycles. The number of methoxy groups -OCH3 is 1. The zero-order valence-electron chi connectivity index (χ0n) is 11.6. The Labute approximate surface area is 118 Å². The standard InChI is InChI=1S/C13H22N2O3S/c1-10-3-4-15(9-11(10)18-2)13(17)12(16)14-5-7-19-8-6-14/h10-11H,3-9H2,1-2H3. The highest BCUT2D eigenvalue weighted by molar-refractivity contribution is 7.99. The van der Waals surface area contributed by atoms with E-state index in [-0.39, 0.29) is 17.9 Å². The van der Waals surface area contributed by atoms with Gasteiger partial charge in [0.15, 0.2) is 0 Å². The third kappa shape index (κ3) is 3.42. The van der Waals surface area contributed by atoms with Gasteiger partial charge in [0.1, 0.15) is 0 Å². The summed E-state index contributed by atoms with van der Waals surface area (Å²) >= 11 is 1.83. The van der Waals surface area contributed by atoms with Crippen molar-refractivity contribution < 1.29 is 14.3 Å². The van der Waals surface area contributed by atoms with Crippen molar-refractivity contribution in [2.45, 2.75) is 19.4 Å². The fourth-order valence-corrected chi connectivity index (χ4v) is 3.47. The second kappa shape index (κ2) is 6.61. The van der Waals surface area contributed by atoms with E-state index >= 15 is 0 Å². The molecule has 0 spiro atoms. The van der Waals surface area contributed by atoms with Crippen molar-refractivity contribution in [1.82, 2.24) is 9.80 Å². The van der Waals surface area contributed by atoms with E-state index < -0.39 is 0 Å². The molecule has 2 atom stereocenters. The highest BCUT2D eigenvalue weighted by Crippen LogP contribution is 2.20. The maximum Gasteiger partial charge on any atom is 0.312 e. The first-order valence-electron chi connectivity index (χ1n) is 6.82. The molecular formula is C13H22N2O3S. The van der Waals surface area contributed by atoms with Gasteiger partial charge in [-0.3, -0.25) is 9.59 Å². The summed E-state index contributed by atoms with van der Waals surface area (Å²) < 4.78 is 5.39. The Hall–Kier alpha value is -0.750. The van der Waals surface area contributed by atoms with E-state index in [4.69, 9.17) is 4.74 Å². The predicted octanol–water partition coefficient (Wildman–Crippen LogP) is 0.445. The van der Waals surface area contributed by atoms with Crippen LogP contribution in [0.25, 0.3) is 0 Å². The van der Waals surface area contributed by atoms with Gasteiger partial charge in [-0.15, -0.1) is 0 Å². The maximum absolute atomic E-state index is 12.2. The Morgan fingerprint density at radius 1 is 1.11 bits per heavy atom. The lowest BCUT2D eigenvalue weighted by Gasteiger charge is -2.37. The van der Waals surface area contributed by atoms with Crippen LogP contribution in [0.3, 0.4) is 0 Å². The first-order valence-corrected chi connectivity index (χ1v) is 7.97. The molecule has 19 heavy (non-hydrogen) atoms. The van der Waals surface area contributed by atoms with Crippen LogP contribution in [0.4, 0.5) is 0 Å². The van der Waals surface area contributed by atoms with Gasteiger partial charge in [0.25, 0.3) is 0 Å². The summed E-state index contributed by atoms with van der Waals surface area (Å²) in [5.41, 5.74) is 0. The van der Waals surface area contributed by atoms with E-state index in [1.165, 1.54) is 0 Å². The van der Waals surface area contributed by atoms with Crippen molar-refractivity contribution >= 4 is 23.6 Å². The lowest BCUT2D eigenvalue weighted by atomic mass is 9.96. The number of piperidine rings is 1. The van der Waals surface area contributed by atoms with Crippen LogP contribution in [0.1, 0.15) is 13.3 Å². The zero-order valence-corrected chi connectivity index (χ0v) is 12.4. The molecule has 2 saturated heterocycles. The molecule has 6 heteroatoms. The highest BCUT2D eigenvalue weighted by Gasteiger charge is 2.33. The van der Waals surface area contributed by atoms with Crippen LogP contribution >= 0.6 is 11.8 Å². The molecule has 2 heterocycles. The van der Waals surface area contributed by atoms with Crippen molar-refractivity contribution in [2.75, 3.05) is 44.8 Å². The Balaban J connectivity index is 1.93. The van der Waals surface area contributed by atoms with Crippen molar-refractivity contribution in [2.24, 2.45) is 5.92 Å². The molecule has 0 bridgehead atoms. The number of amides is 2. The molecule has 2 aliphatic rings. The number of carbonyl (C=O) groups excluding carboxylic acids is 2. The monoisotopic (exact) mass is 286 g/mol. The summed E-state index contributed by atoms with van der Waals surface area (Å²) in [5.74, 6) is 1.59. The van der Waals surface area contributed by atoms with E-state index in [1.54, 1.807) is 16.9 Å². The van der Waals surface area contributed by atoms with E-state index in [2.05, 4.69) is 6.92 Å². The quantitative estimate of drug-likeness (QED) is 0.657. The van der Waals surface area contributed by atoms with Gasteiger partial charge < -0.3 is 14.5 Å². The summed E-state index contributed by atoms with van der Waals surface area (Å²) in [4.78, 5) is 27.7. The zero-order chi connectivity index (χ0) is 13.8. The van der Waals surface area contributed by atoms with Crippen molar-refractivity contribution in [1.29, 1.82) is 0 Å². The molecule has 0 saturated carbocycles. The summed E-state index contributed by atoms with van der Waals surface area (Å²) in [6, 6.07) is 0. The number of ether oxygens (including phenoxy) is 1. The second-order valence-electron chi connectivity index (χ2n) is 5.20. The maximum atomic E-state index is 12.2. The van der Waals surface area contributed by atoms with Gasteiger partial charge in [0.05, 0.1) is 6.10 Å². The predicted molar refractivity (Wildman–Crippen MR) is 75.1 cm³/mol. The van der Waals surface area contributed by atoms with Crippen LogP contribution in [0, 0.1) is 5.92 Å². The summed E-state index contributed by atoms with van der Waals surface area (Å²) in [5, 5.41) is 0. The SMILES string of the molecule is COC1CN(C(=O)C(=O)N2CCSCC2)CCC1C. The first kappa shape index (κ1) is 14.7.